The molecule has 0 aliphatic rings. The first-order valence-corrected chi connectivity index (χ1v) is 5.74. The van der Waals surface area contributed by atoms with Crippen LogP contribution in [0.25, 0.3) is 0 Å². The lowest BCUT2D eigenvalue weighted by Gasteiger charge is -2.13. The molecule has 1 N–H and O–H groups in total. The van der Waals surface area contributed by atoms with Crippen molar-refractivity contribution in [2.75, 3.05) is 6.61 Å². The summed E-state index contributed by atoms with van der Waals surface area (Å²) in [6, 6.07) is 7.60. The largest absolute Gasteiger partial charge is 0.494 e. The third-order valence-corrected chi connectivity index (χ3v) is 2.54. The minimum atomic E-state index is -0.479. The van der Waals surface area contributed by atoms with Crippen LogP contribution in [0.15, 0.2) is 36.4 Å². The topological polar surface area (TPSA) is 29.5 Å². The second-order valence-electron chi connectivity index (χ2n) is 3.83. The molecule has 1 aromatic rings. The van der Waals surface area contributed by atoms with Gasteiger partial charge in [0.15, 0.2) is 0 Å². The summed E-state index contributed by atoms with van der Waals surface area (Å²) < 4.78 is 5.39. The number of rotatable bonds is 6. The maximum absolute atomic E-state index is 10.00. The average molecular weight is 220 g/mol. The third-order valence-electron chi connectivity index (χ3n) is 2.54. The average Bonchev–Trinajstić information content (AvgIpc) is 2.29. The lowest BCUT2D eigenvalue weighted by atomic mass is 10.0. The van der Waals surface area contributed by atoms with Gasteiger partial charge in [-0.3, -0.25) is 0 Å². The third kappa shape index (κ3) is 3.70. The van der Waals surface area contributed by atoms with E-state index in [9.17, 15) is 5.11 Å². The first-order valence-electron chi connectivity index (χ1n) is 5.74. The Labute approximate surface area is 97.6 Å². The summed E-state index contributed by atoms with van der Waals surface area (Å²) in [4.78, 5) is 0. The first-order chi connectivity index (χ1) is 7.67. The summed E-state index contributed by atoms with van der Waals surface area (Å²) in [6.07, 6.45) is 1.04. The summed E-state index contributed by atoms with van der Waals surface area (Å²) in [5.41, 5.74) is 1.95. The van der Waals surface area contributed by atoms with Crippen LogP contribution in [0.3, 0.4) is 0 Å². The van der Waals surface area contributed by atoms with Gasteiger partial charge in [-0.25, -0.2) is 0 Å². The fourth-order valence-corrected chi connectivity index (χ4v) is 1.51. The van der Waals surface area contributed by atoms with Crippen LogP contribution in [-0.2, 0) is 0 Å². The predicted molar refractivity (Wildman–Crippen MR) is 66.6 cm³/mol. The lowest BCUT2D eigenvalue weighted by molar-refractivity contribution is 0.177. The molecule has 1 unspecified atom stereocenters. The highest BCUT2D eigenvalue weighted by Crippen LogP contribution is 2.24. The molecule has 1 aromatic carbocycles. The van der Waals surface area contributed by atoms with E-state index in [1.165, 1.54) is 0 Å². The summed E-state index contributed by atoms with van der Waals surface area (Å²) >= 11 is 0. The molecular weight excluding hydrogens is 200 g/mol. The molecule has 16 heavy (non-hydrogen) atoms. The van der Waals surface area contributed by atoms with E-state index >= 15 is 0 Å². The monoisotopic (exact) mass is 220 g/mol. The van der Waals surface area contributed by atoms with E-state index in [0.29, 0.717) is 13.0 Å². The highest BCUT2D eigenvalue weighted by atomic mass is 16.5. The van der Waals surface area contributed by atoms with Gasteiger partial charge in [0.05, 0.1) is 12.7 Å². The Morgan fingerprint density at radius 1 is 1.44 bits per heavy atom. The van der Waals surface area contributed by atoms with Crippen molar-refractivity contribution in [2.24, 2.45) is 0 Å². The second-order valence-corrected chi connectivity index (χ2v) is 3.83. The smallest absolute Gasteiger partial charge is 0.119 e. The minimum absolute atomic E-state index is 0.479. The molecule has 0 heterocycles. The molecule has 2 heteroatoms. The first kappa shape index (κ1) is 12.8. The molecule has 0 saturated heterocycles. The standard InChI is InChI=1S/C14H20O2/c1-4-11(3)9-14(15)12-7-6-8-13(10-12)16-5-2/h6-8,10,14-15H,3-5,9H2,1-2H3. The van der Waals surface area contributed by atoms with Gasteiger partial charge < -0.3 is 9.84 Å². The molecule has 0 fully saturated rings. The summed E-state index contributed by atoms with van der Waals surface area (Å²) in [6.45, 7) is 8.54. The zero-order valence-corrected chi connectivity index (χ0v) is 10.1. The van der Waals surface area contributed by atoms with Crippen molar-refractivity contribution < 1.29 is 9.84 Å². The molecule has 0 spiro atoms. The number of aliphatic hydroxyl groups excluding tert-OH is 1. The Morgan fingerprint density at radius 3 is 2.81 bits per heavy atom. The van der Waals surface area contributed by atoms with Gasteiger partial charge >= 0.3 is 0 Å². The molecule has 88 valence electrons. The van der Waals surface area contributed by atoms with E-state index < -0.39 is 6.10 Å². The zero-order valence-electron chi connectivity index (χ0n) is 10.1. The molecule has 0 aliphatic heterocycles. The lowest BCUT2D eigenvalue weighted by Crippen LogP contribution is -2.00. The van der Waals surface area contributed by atoms with E-state index in [-0.39, 0.29) is 0 Å². The number of ether oxygens (including phenoxy) is 1. The maximum atomic E-state index is 10.00. The molecule has 0 amide bonds. The van der Waals surface area contributed by atoms with E-state index in [1.807, 2.05) is 38.1 Å². The zero-order chi connectivity index (χ0) is 12.0. The van der Waals surface area contributed by atoms with Gasteiger partial charge in [0.1, 0.15) is 5.75 Å². The molecule has 1 atom stereocenters. The quantitative estimate of drug-likeness (QED) is 0.744. The fourth-order valence-electron chi connectivity index (χ4n) is 1.51. The van der Waals surface area contributed by atoms with Gasteiger partial charge in [0.2, 0.25) is 0 Å². The van der Waals surface area contributed by atoms with Crippen molar-refractivity contribution in [1.82, 2.24) is 0 Å². The van der Waals surface area contributed by atoms with Crippen LogP contribution in [0.5, 0.6) is 5.75 Å². The number of hydrogen-bond acceptors (Lipinski definition) is 2. The summed E-state index contributed by atoms with van der Waals surface area (Å²) in [5, 5.41) is 10.00. The highest BCUT2D eigenvalue weighted by Gasteiger charge is 2.09. The molecule has 0 aromatic heterocycles. The number of hydrogen-bond donors (Lipinski definition) is 1. The maximum Gasteiger partial charge on any atom is 0.119 e. The van der Waals surface area contributed by atoms with Crippen molar-refractivity contribution in [3.63, 3.8) is 0 Å². The molecular formula is C14H20O2. The normalized spacial score (nSPS) is 12.2. The minimum Gasteiger partial charge on any atom is -0.494 e. The van der Waals surface area contributed by atoms with Crippen LogP contribution in [0.2, 0.25) is 0 Å². The van der Waals surface area contributed by atoms with Crippen LogP contribution >= 0.6 is 0 Å². The van der Waals surface area contributed by atoms with Crippen LogP contribution in [0.1, 0.15) is 38.4 Å². The Kier molecular flexibility index (Phi) is 5.06. The van der Waals surface area contributed by atoms with Gasteiger partial charge in [-0.1, -0.05) is 31.2 Å². The second kappa shape index (κ2) is 6.33. The Bertz CT molecular complexity index is 344. The molecule has 0 aliphatic carbocycles. The van der Waals surface area contributed by atoms with Crippen molar-refractivity contribution in [2.45, 2.75) is 32.8 Å². The summed E-state index contributed by atoms with van der Waals surface area (Å²) in [5.74, 6) is 0.807. The van der Waals surface area contributed by atoms with Crippen LogP contribution in [0, 0.1) is 0 Å². The molecule has 0 bridgehead atoms. The van der Waals surface area contributed by atoms with Gasteiger partial charge in [0.25, 0.3) is 0 Å². The van der Waals surface area contributed by atoms with Crippen molar-refractivity contribution in [3.8, 4) is 5.75 Å². The molecule has 0 saturated carbocycles. The molecule has 2 nitrogen and oxygen atoms in total. The van der Waals surface area contributed by atoms with Gasteiger partial charge in [-0.05, 0) is 37.5 Å². The Balaban J connectivity index is 2.71. The van der Waals surface area contributed by atoms with Gasteiger partial charge in [0, 0.05) is 0 Å². The summed E-state index contributed by atoms with van der Waals surface area (Å²) in [7, 11) is 0. The SMILES string of the molecule is C=C(CC)CC(O)c1cccc(OCC)c1. The van der Waals surface area contributed by atoms with E-state index in [1.54, 1.807) is 0 Å². The Hall–Kier alpha value is -1.28. The van der Waals surface area contributed by atoms with E-state index in [4.69, 9.17) is 4.74 Å². The molecule has 0 radical (unpaired) electrons. The molecule has 1 rings (SSSR count). The Morgan fingerprint density at radius 2 is 2.19 bits per heavy atom. The predicted octanol–water partition coefficient (Wildman–Crippen LogP) is 3.48. The number of aliphatic hydroxyl groups is 1. The van der Waals surface area contributed by atoms with Gasteiger partial charge in [-0.2, -0.15) is 0 Å². The van der Waals surface area contributed by atoms with E-state index in [0.717, 1.165) is 23.3 Å². The number of benzene rings is 1. The van der Waals surface area contributed by atoms with E-state index in [2.05, 4.69) is 6.58 Å². The highest BCUT2D eigenvalue weighted by molar-refractivity contribution is 5.30. The van der Waals surface area contributed by atoms with Crippen LogP contribution in [0.4, 0.5) is 0 Å². The van der Waals surface area contributed by atoms with Gasteiger partial charge in [-0.15, -0.1) is 0 Å². The van der Waals surface area contributed by atoms with Crippen molar-refractivity contribution in [1.29, 1.82) is 0 Å². The van der Waals surface area contributed by atoms with Crippen LogP contribution < -0.4 is 4.74 Å². The van der Waals surface area contributed by atoms with Crippen molar-refractivity contribution in [3.05, 3.63) is 42.0 Å². The van der Waals surface area contributed by atoms with Crippen molar-refractivity contribution >= 4 is 0 Å². The van der Waals surface area contributed by atoms with Crippen LogP contribution in [-0.4, -0.2) is 11.7 Å². The fraction of sp³-hybridized carbons (Fsp3) is 0.429.